The van der Waals surface area contributed by atoms with E-state index in [2.05, 4.69) is 6.33 Å². The summed E-state index contributed by atoms with van der Waals surface area (Å²) in [5.41, 5.74) is 3.32. The van der Waals surface area contributed by atoms with Crippen molar-refractivity contribution >= 4 is 32.8 Å². The first-order valence-corrected chi connectivity index (χ1v) is 20.0. The third-order valence-electron chi connectivity index (χ3n) is 10.4. The molecule has 4 aromatic heterocycles. The van der Waals surface area contributed by atoms with Gasteiger partial charge in [-0.3, -0.25) is 18.7 Å². The summed E-state index contributed by atoms with van der Waals surface area (Å²) >= 11 is 0. The number of nitrogens with zero attached hydrogens (tertiary/aromatic N) is 5. The minimum absolute atomic E-state index is 0.0885. The summed E-state index contributed by atoms with van der Waals surface area (Å²) in [6.45, 7) is 9.63. The second kappa shape index (κ2) is 15.4. The highest BCUT2D eigenvalue weighted by atomic mass is 16.5. The summed E-state index contributed by atoms with van der Waals surface area (Å²) in [5, 5.41) is 1.92. The average molecular weight is 806 g/mol. The minimum atomic E-state index is -1.66. The van der Waals surface area contributed by atoms with Crippen molar-refractivity contribution in [2.75, 3.05) is 0 Å². The van der Waals surface area contributed by atoms with Gasteiger partial charge < -0.3 is 4.74 Å². The van der Waals surface area contributed by atoms with Gasteiger partial charge in [-0.2, -0.15) is 0 Å². The first-order valence-electron chi connectivity index (χ1n) is 26.0. The van der Waals surface area contributed by atoms with E-state index < -0.39 is 72.2 Å². The highest BCUT2D eigenvalue weighted by Crippen LogP contribution is 2.38. The number of aromatic nitrogens is 5. The third-order valence-corrected chi connectivity index (χ3v) is 10.4. The summed E-state index contributed by atoms with van der Waals surface area (Å²) in [5.74, 6) is 1.77. The lowest BCUT2D eigenvalue weighted by atomic mass is 9.88. The van der Waals surface area contributed by atoms with Crippen LogP contribution in [-0.2, 0) is 6.37 Å². The van der Waals surface area contributed by atoms with Gasteiger partial charge in [0.15, 0.2) is 5.82 Å². The largest absolute Gasteiger partial charge is 0.458 e. The summed E-state index contributed by atoms with van der Waals surface area (Å²) in [4.78, 5) is 9.85. The van der Waals surface area contributed by atoms with E-state index in [0.29, 0.717) is 45.4 Å². The molecule has 0 saturated carbocycles. The molecule has 0 aliphatic rings. The van der Waals surface area contributed by atoms with Crippen LogP contribution in [0.4, 0.5) is 0 Å². The number of rotatable bonds is 9. The van der Waals surface area contributed by atoms with Crippen molar-refractivity contribution in [2.45, 2.75) is 46.9 Å². The number of benzene rings is 6. The zero-order chi connectivity index (χ0) is 52.2. The van der Waals surface area contributed by atoms with Crippen molar-refractivity contribution in [2.24, 2.45) is 5.41 Å². The van der Waals surface area contributed by atoms with Gasteiger partial charge in [0.2, 0.25) is 0 Å². The van der Waals surface area contributed by atoms with Crippen molar-refractivity contribution in [1.29, 1.82) is 0 Å². The molecule has 6 aromatic carbocycles. The Balaban J connectivity index is 1.17. The number of pyridine rings is 2. The molecule has 0 radical (unpaired) electrons. The molecule has 10 aromatic rings. The molecule has 0 aliphatic carbocycles. The maximum Gasteiger partial charge on any atom is 0.271 e. The second-order valence-corrected chi connectivity index (χ2v) is 16.1. The third kappa shape index (κ3) is 7.25. The number of ether oxygens (including phenoxy) is 1. The predicted octanol–water partition coefficient (Wildman–Crippen LogP) is 13.4. The number of hydrogen-bond acceptors (Lipinski definition) is 3. The number of para-hydroxylation sites is 4. The van der Waals surface area contributed by atoms with E-state index in [9.17, 15) is 0 Å². The average Bonchev–Trinajstić information content (AvgIpc) is 3.92. The van der Waals surface area contributed by atoms with E-state index in [1.807, 2.05) is 99.8 Å². The molecule has 6 heteroatoms. The fraction of sp³-hybridized carbons (Fsp3) is 0.145. The Labute approximate surface area is 373 Å². The topological polar surface area (TPSA) is 48.8 Å². The van der Waals surface area contributed by atoms with Crippen LogP contribution < -0.4 is 9.30 Å². The first-order chi connectivity index (χ1) is 34.6. The standard InChI is InChI=1S/C55H47N5O/c1-37(2)47-32-42(61-41-27-28-46-45-21-12-13-24-48(45)60(51(46)33-41)52-31-38(29-30-56-52)35-55(3,4)5)34-53(57-47)58-36-59(50-26-15-14-25-49(50)58)54-43(39-17-8-6-9-18-39)22-16-23-44(54)40-19-10-7-11-20-40/h6-34,37H,35H2,1-5H3/i6D,7D,8D,9D,10D,11D,17D,18D,19D,20D,35D2. The van der Waals surface area contributed by atoms with E-state index in [0.717, 1.165) is 21.8 Å². The van der Waals surface area contributed by atoms with Gasteiger partial charge >= 0.3 is 0 Å². The van der Waals surface area contributed by atoms with Crippen LogP contribution in [0.5, 0.6) is 11.5 Å². The molecule has 0 fully saturated rings. The van der Waals surface area contributed by atoms with E-state index in [1.54, 1.807) is 63.9 Å². The Morgan fingerprint density at radius 3 is 2.07 bits per heavy atom. The molecule has 6 nitrogen and oxygen atoms in total. The van der Waals surface area contributed by atoms with Gasteiger partial charge in [-0.25, -0.2) is 4.98 Å². The van der Waals surface area contributed by atoms with Gasteiger partial charge in [0.1, 0.15) is 17.3 Å². The molecule has 0 amide bonds. The predicted molar refractivity (Wildman–Crippen MR) is 248 cm³/mol. The lowest BCUT2D eigenvalue weighted by Crippen LogP contribution is -2.31. The molecule has 0 atom stereocenters. The van der Waals surface area contributed by atoms with Gasteiger partial charge in [0.05, 0.1) is 41.5 Å². The van der Waals surface area contributed by atoms with E-state index in [-0.39, 0.29) is 33.9 Å². The molecule has 10 rings (SSSR count). The number of hydrogen-bond donors (Lipinski definition) is 0. The van der Waals surface area contributed by atoms with Crippen LogP contribution in [-0.4, -0.2) is 19.1 Å². The molecule has 61 heavy (non-hydrogen) atoms. The van der Waals surface area contributed by atoms with Crippen LogP contribution in [0.2, 0.25) is 0 Å². The fourth-order valence-electron chi connectivity index (χ4n) is 7.78. The van der Waals surface area contributed by atoms with Crippen molar-refractivity contribution in [1.82, 2.24) is 19.1 Å². The van der Waals surface area contributed by atoms with Crippen LogP contribution >= 0.6 is 0 Å². The van der Waals surface area contributed by atoms with E-state index >= 15 is 0 Å². The van der Waals surface area contributed by atoms with Crippen molar-refractivity contribution < 1.29 is 25.8 Å². The van der Waals surface area contributed by atoms with Crippen LogP contribution in [0.3, 0.4) is 0 Å². The zero-order valence-electron chi connectivity index (χ0n) is 46.2. The highest BCUT2D eigenvalue weighted by molar-refractivity contribution is 6.09. The van der Waals surface area contributed by atoms with Crippen molar-refractivity contribution in [3.63, 3.8) is 0 Å². The van der Waals surface area contributed by atoms with Crippen molar-refractivity contribution in [3.05, 3.63) is 193 Å². The Morgan fingerprint density at radius 2 is 1.36 bits per heavy atom. The zero-order valence-corrected chi connectivity index (χ0v) is 34.2. The molecular weight excluding hydrogens is 747 g/mol. The van der Waals surface area contributed by atoms with Gasteiger partial charge in [-0.1, -0.05) is 156 Å². The van der Waals surface area contributed by atoms with Crippen LogP contribution in [0.25, 0.3) is 72.4 Å². The smallest absolute Gasteiger partial charge is 0.271 e. The lowest BCUT2D eigenvalue weighted by molar-refractivity contribution is -0.571. The Hall–Kier alpha value is -7.31. The molecular formula is C55H47N5O. The van der Waals surface area contributed by atoms with E-state index in [4.69, 9.17) is 31.2 Å². The first kappa shape index (κ1) is 26.7. The molecule has 0 spiro atoms. The van der Waals surface area contributed by atoms with Crippen LogP contribution in [0, 0.1) is 11.7 Å². The number of imidazole rings is 1. The molecule has 298 valence electrons. The van der Waals surface area contributed by atoms with Crippen molar-refractivity contribution in [3.8, 4) is 51.1 Å². The highest BCUT2D eigenvalue weighted by Gasteiger charge is 2.22. The normalized spacial score (nSPS) is 14.9. The number of fused-ring (bicyclic) bond motifs is 4. The SMILES string of the molecule is [2H]c1c([2H])c([2H])c(-c2cccc(-c3c([2H])c([2H])c([2H])c([2H])c3[2H])c2-[n+]2[c-]n(-c3cc(Oc4ccc5c6ccccc6n(-c6cc(C([2H])([2H])C(C)(C)C)ccn6)c5c4)cc(C(C)C)n3)c3ccccc32)c([2H])c1[2H]. The molecule has 0 saturated heterocycles. The Kier molecular flexibility index (Phi) is 6.73. The molecule has 0 aliphatic heterocycles. The summed E-state index contributed by atoms with van der Waals surface area (Å²) in [6, 6.07) is 27.5. The van der Waals surface area contributed by atoms with Crippen LogP contribution in [0.1, 0.15) is 68.2 Å². The fourth-order valence-corrected chi connectivity index (χ4v) is 7.78. The Bertz CT molecular complexity index is 3770. The summed E-state index contributed by atoms with van der Waals surface area (Å²) < 4.78 is 117. The quantitative estimate of drug-likeness (QED) is 0.108. The van der Waals surface area contributed by atoms with Gasteiger partial charge in [-0.05, 0) is 75.9 Å². The molecule has 4 heterocycles. The van der Waals surface area contributed by atoms with E-state index in [1.165, 1.54) is 0 Å². The summed E-state index contributed by atoms with van der Waals surface area (Å²) in [7, 11) is 0. The van der Waals surface area contributed by atoms with Gasteiger partial charge in [0, 0.05) is 43.6 Å². The van der Waals surface area contributed by atoms with Crippen LogP contribution in [0.15, 0.2) is 176 Å². The second-order valence-electron chi connectivity index (χ2n) is 16.1. The Morgan fingerprint density at radius 1 is 0.689 bits per heavy atom. The monoisotopic (exact) mass is 805 g/mol. The maximum atomic E-state index is 9.05. The lowest BCUT2D eigenvalue weighted by Gasteiger charge is -2.18. The summed E-state index contributed by atoms with van der Waals surface area (Å²) in [6.07, 6.45) is 3.40. The minimum Gasteiger partial charge on any atom is -0.458 e. The maximum absolute atomic E-state index is 9.05. The molecule has 0 bridgehead atoms. The molecule has 0 unspecified atom stereocenters. The van der Waals surface area contributed by atoms with Gasteiger partial charge in [0.25, 0.3) is 6.33 Å². The van der Waals surface area contributed by atoms with Gasteiger partial charge in [-0.15, -0.1) is 0 Å². The molecule has 0 N–H and O–H groups in total.